The van der Waals surface area contributed by atoms with E-state index in [9.17, 15) is 38.0 Å². The first-order chi connectivity index (χ1) is 13.8. The normalized spacial score (nSPS) is 13.1. The number of rotatable bonds is 6. The average molecular weight is 427 g/mol. The molecule has 0 radical (unpaired) electrons. The lowest BCUT2D eigenvalue weighted by atomic mass is 10.1. The van der Waals surface area contributed by atoms with Gasteiger partial charge in [0.2, 0.25) is 5.91 Å². The average Bonchev–Trinajstić information content (AvgIpc) is 2.61. The summed E-state index contributed by atoms with van der Waals surface area (Å²) in [5.74, 6) is -3.98. The van der Waals surface area contributed by atoms with E-state index in [0.717, 1.165) is 13.0 Å². The molecular formula is C18H16F3N3O6. The number of anilines is 2. The summed E-state index contributed by atoms with van der Waals surface area (Å²) in [4.78, 5) is 32.8. The molecule has 0 bridgehead atoms. The standard InChI is InChI=1S/C18H16F3N3O6/c1-10(25)22-11-3-6-13(7-4-11)30-17(2,27)16(26)23-12-5-8-15(24(28)29)14(9-12)18(19,20)21/h3-9,27H,1-2H3,(H,22,25)(H,23,26)/t17-/m0/s1. The molecule has 12 heteroatoms. The number of halogens is 3. The van der Waals surface area contributed by atoms with Crippen molar-refractivity contribution < 1.29 is 37.5 Å². The monoisotopic (exact) mass is 427 g/mol. The fourth-order valence-electron chi connectivity index (χ4n) is 2.33. The van der Waals surface area contributed by atoms with E-state index in [1.54, 1.807) is 0 Å². The minimum atomic E-state index is -5.03. The summed E-state index contributed by atoms with van der Waals surface area (Å²) in [5, 5.41) is 25.6. The number of amides is 2. The number of alkyl halides is 3. The number of nitro groups is 1. The molecule has 2 aromatic carbocycles. The maximum absolute atomic E-state index is 13.0. The summed E-state index contributed by atoms with van der Waals surface area (Å²) in [7, 11) is 0. The fraction of sp³-hybridized carbons (Fsp3) is 0.222. The van der Waals surface area contributed by atoms with Crippen molar-refractivity contribution >= 4 is 28.9 Å². The van der Waals surface area contributed by atoms with Gasteiger partial charge in [-0.3, -0.25) is 19.7 Å². The van der Waals surface area contributed by atoms with Gasteiger partial charge in [0.05, 0.1) is 4.92 Å². The first-order valence-electron chi connectivity index (χ1n) is 8.26. The molecule has 0 aliphatic carbocycles. The highest BCUT2D eigenvalue weighted by Crippen LogP contribution is 2.37. The molecule has 2 amide bonds. The second-order valence-electron chi connectivity index (χ2n) is 6.23. The molecule has 2 aromatic rings. The number of hydrogen-bond acceptors (Lipinski definition) is 6. The van der Waals surface area contributed by atoms with Gasteiger partial charge >= 0.3 is 6.18 Å². The number of carbonyl (C=O) groups excluding carboxylic acids is 2. The Hall–Kier alpha value is -3.67. The van der Waals surface area contributed by atoms with E-state index in [0.29, 0.717) is 17.8 Å². The smallest absolute Gasteiger partial charge is 0.423 e. The minimum absolute atomic E-state index is 0.0314. The second kappa shape index (κ2) is 8.37. The molecule has 0 aliphatic heterocycles. The molecule has 0 spiro atoms. The Labute approximate surface area is 167 Å². The molecule has 2 rings (SSSR count). The highest BCUT2D eigenvalue weighted by Gasteiger charge is 2.39. The predicted molar refractivity (Wildman–Crippen MR) is 98.7 cm³/mol. The zero-order chi connectivity index (χ0) is 22.7. The summed E-state index contributed by atoms with van der Waals surface area (Å²) < 4.78 is 44.3. The van der Waals surface area contributed by atoms with Gasteiger partial charge in [0.25, 0.3) is 17.4 Å². The maximum Gasteiger partial charge on any atom is 0.423 e. The number of nitrogens with one attached hydrogen (secondary N) is 2. The zero-order valence-corrected chi connectivity index (χ0v) is 15.6. The molecule has 0 heterocycles. The van der Waals surface area contributed by atoms with Crippen LogP contribution in [0.1, 0.15) is 19.4 Å². The van der Waals surface area contributed by atoms with Crippen molar-refractivity contribution in [2.75, 3.05) is 10.6 Å². The molecule has 0 saturated carbocycles. The first-order valence-corrected chi connectivity index (χ1v) is 8.26. The number of aliphatic hydroxyl groups is 1. The number of ether oxygens (including phenoxy) is 1. The van der Waals surface area contributed by atoms with Crippen molar-refractivity contribution in [3.05, 3.63) is 58.1 Å². The Morgan fingerprint density at radius 3 is 2.13 bits per heavy atom. The lowest BCUT2D eigenvalue weighted by molar-refractivity contribution is -0.388. The van der Waals surface area contributed by atoms with Gasteiger partial charge in [-0.1, -0.05) is 0 Å². The Bertz CT molecular complexity index is 974. The molecule has 0 aromatic heterocycles. The van der Waals surface area contributed by atoms with Crippen LogP contribution in [0.3, 0.4) is 0 Å². The van der Waals surface area contributed by atoms with Gasteiger partial charge < -0.3 is 20.5 Å². The van der Waals surface area contributed by atoms with Crippen LogP contribution in [0.25, 0.3) is 0 Å². The minimum Gasteiger partial charge on any atom is -0.453 e. The molecule has 0 unspecified atom stereocenters. The zero-order valence-electron chi connectivity index (χ0n) is 15.6. The van der Waals surface area contributed by atoms with Crippen LogP contribution in [0.15, 0.2) is 42.5 Å². The van der Waals surface area contributed by atoms with Gasteiger partial charge in [0.1, 0.15) is 11.3 Å². The van der Waals surface area contributed by atoms with E-state index in [1.165, 1.54) is 31.2 Å². The summed E-state index contributed by atoms with van der Waals surface area (Å²) in [6, 6.07) is 7.45. The van der Waals surface area contributed by atoms with Crippen LogP contribution in [0.4, 0.5) is 30.2 Å². The summed E-state index contributed by atoms with van der Waals surface area (Å²) in [6.45, 7) is 2.27. The molecule has 0 aliphatic rings. The Balaban J connectivity index is 2.17. The quantitative estimate of drug-likeness (QED) is 0.368. The molecular weight excluding hydrogens is 411 g/mol. The van der Waals surface area contributed by atoms with Gasteiger partial charge in [-0.05, 0) is 36.4 Å². The van der Waals surface area contributed by atoms with Crippen LogP contribution < -0.4 is 15.4 Å². The molecule has 30 heavy (non-hydrogen) atoms. The highest BCUT2D eigenvalue weighted by molar-refractivity contribution is 5.96. The molecule has 9 nitrogen and oxygen atoms in total. The third-order valence-corrected chi connectivity index (χ3v) is 3.67. The maximum atomic E-state index is 13.0. The van der Waals surface area contributed by atoms with Crippen LogP contribution in [0, 0.1) is 10.1 Å². The van der Waals surface area contributed by atoms with Gasteiger partial charge in [-0.2, -0.15) is 13.2 Å². The second-order valence-corrected chi connectivity index (χ2v) is 6.23. The number of nitro benzene ring substituents is 1. The third-order valence-electron chi connectivity index (χ3n) is 3.67. The Morgan fingerprint density at radius 1 is 1.07 bits per heavy atom. The Kier molecular flexibility index (Phi) is 6.31. The van der Waals surface area contributed by atoms with Crippen molar-refractivity contribution in [2.24, 2.45) is 0 Å². The lowest BCUT2D eigenvalue weighted by Crippen LogP contribution is -2.45. The summed E-state index contributed by atoms with van der Waals surface area (Å²) >= 11 is 0. The Morgan fingerprint density at radius 2 is 1.63 bits per heavy atom. The van der Waals surface area contributed by atoms with E-state index in [-0.39, 0.29) is 11.7 Å². The van der Waals surface area contributed by atoms with Crippen molar-refractivity contribution in [1.82, 2.24) is 0 Å². The largest absolute Gasteiger partial charge is 0.453 e. The molecule has 0 fully saturated rings. The van der Waals surface area contributed by atoms with Crippen LogP contribution in [-0.4, -0.2) is 27.6 Å². The first kappa shape index (κ1) is 22.6. The van der Waals surface area contributed by atoms with Crippen LogP contribution in [0.2, 0.25) is 0 Å². The van der Waals surface area contributed by atoms with Crippen molar-refractivity contribution in [3.8, 4) is 5.75 Å². The van der Waals surface area contributed by atoms with E-state index in [2.05, 4.69) is 5.32 Å². The summed E-state index contributed by atoms with van der Waals surface area (Å²) in [6.07, 6.45) is -5.03. The molecule has 1 atom stereocenters. The van der Waals surface area contributed by atoms with E-state index >= 15 is 0 Å². The van der Waals surface area contributed by atoms with E-state index in [4.69, 9.17) is 4.74 Å². The molecule has 160 valence electrons. The molecule has 3 N–H and O–H groups in total. The van der Waals surface area contributed by atoms with Gasteiger partial charge in [-0.25, -0.2) is 0 Å². The van der Waals surface area contributed by atoms with Crippen LogP contribution in [0.5, 0.6) is 5.75 Å². The van der Waals surface area contributed by atoms with Crippen LogP contribution >= 0.6 is 0 Å². The number of nitrogens with zero attached hydrogens (tertiary/aromatic N) is 1. The number of hydrogen-bond donors (Lipinski definition) is 3. The number of benzene rings is 2. The predicted octanol–water partition coefficient (Wildman–Crippen LogP) is 3.30. The van der Waals surface area contributed by atoms with Crippen molar-refractivity contribution in [3.63, 3.8) is 0 Å². The third kappa shape index (κ3) is 5.67. The van der Waals surface area contributed by atoms with Gasteiger partial charge in [0, 0.05) is 31.3 Å². The topological polar surface area (TPSA) is 131 Å². The highest BCUT2D eigenvalue weighted by atomic mass is 19.4. The van der Waals surface area contributed by atoms with Crippen molar-refractivity contribution in [2.45, 2.75) is 25.8 Å². The SMILES string of the molecule is CC(=O)Nc1ccc(O[C@](C)(O)C(=O)Nc2ccc([N+](=O)[O-])c(C(F)(F)F)c2)cc1. The van der Waals surface area contributed by atoms with E-state index in [1.807, 2.05) is 5.32 Å². The van der Waals surface area contributed by atoms with E-state index < -0.39 is 39.7 Å². The number of carbonyl (C=O) groups is 2. The van der Waals surface area contributed by atoms with Crippen LogP contribution in [-0.2, 0) is 15.8 Å². The lowest BCUT2D eigenvalue weighted by Gasteiger charge is -2.24. The summed E-state index contributed by atoms with van der Waals surface area (Å²) in [5.41, 5.74) is -2.73. The van der Waals surface area contributed by atoms with Gasteiger partial charge in [0.15, 0.2) is 0 Å². The van der Waals surface area contributed by atoms with Crippen molar-refractivity contribution in [1.29, 1.82) is 0 Å². The fourth-order valence-corrected chi connectivity index (χ4v) is 2.33. The molecule has 0 saturated heterocycles. The van der Waals surface area contributed by atoms with Gasteiger partial charge in [-0.15, -0.1) is 0 Å².